The minimum atomic E-state index is -4.63. The summed E-state index contributed by atoms with van der Waals surface area (Å²) in [6.07, 6.45) is -4.55. The average Bonchev–Trinajstić information content (AvgIpc) is 2.82. The number of benzene rings is 1. The van der Waals surface area contributed by atoms with E-state index in [9.17, 15) is 31.6 Å². The average molecular weight is 473 g/mol. The van der Waals surface area contributed by atoms with E-state index in [0.717, 1.165) is 28.8 Å². The minimum absolute atomic E-state index is 0.0401. The van der Waals surface area contributed by atoms with Crippen LogP contribution in [-0.4, -0.2) is 16.7 Å². The summed E-state index contributed by atoms with van der Waals surface area (Å²) >= 11 is 2.56. The van der Waals surface area contributed by atoms with Crippen molar-refractivity contribution in [2.75, 3.05) is 6.61 Å². The van der Waals surface area contributed by atoms with Gasteiger partial charge in [-0.2, -0.15) is 31.6 Å². The zero-order chi connectivity index (χ0) is 20.4. The summed E-state index contributed by atoms with van der Waals surface area (Å²) in [6.45, 7) is 1.53. The van der Waals surface area contributed by atoms with Crippen LogP contribution in [0.4, 0.5) is 26.3 Å². The lowest BCUT2D eigenvalue weighted by Crippen LogP contribution is -2.09. The van der Waals surface area contributed by atoms with Gasteiger partial charge in [-0.15, -0.1) is 0 Å². The van der Waals surface area contributed by atoms with Gasteiger partial charge < -0.3 is 9.30 Å². The molecule has 146 valence electrons. The van der Waals surface area contributed by atoms with E-state index >= 15 is 0 Å². The van der Waals surface area contributed by atoms with E-state index in [1.54, 1.807) is 13.0 Å². The monoisotopic (exact) mass is 472 g/mol. The van der Waals surface area contributed by atoms with Crippen molar-refractivity contribution in [1.29, 1.82) is 5.26 Å². The topological polar surface area (TPSA) is 38.0 Å². The predicted octanol–water partition coefficient (Wildman–Crippen LogP) is 6.41. The number of hydrogen-bond acceptors (Lipinski definition) is 3. The number of halogens is 7. The molecule has 0 aliphatic heterocycles. The molecule has 0 fully saturated rings. The Morgan fingerprint density at radius 2 is 1.74 bits per heavy atom. The van der Waals surface area contributed by atoms with Crippen LogP contribution in [0.3, 0.4) is 0 Å². The van der Waals surface area contributed by atoms with Gasteiger partial charge in [-0.05, 0) is 40.5 Å². The molecule has 3 nitrogen and oxygen atoms in total. The number of alkyl halides is 6. The first-order valence-corrected chi connectivity index (χ1v) is 8.93. The van der Waals surface area contributed by atoms with E-state index in [4.69, 9.17) is 4.74 Å². The van der Waals surface area contributed by atoms with Crippen molar-refractivity contribution >= 4 is 27.7 Å². The van der Waals surface area contributed by atoms with Crippen molar-refractivity contribution in [3.8, 4) is 17.3 Å². The Morgan fingerprint density at radius 1 is 1.15 bits per heavy atom. The second kappa shape index (κ2) is 8.16. The molecule has 1 aromatic carbocycles. The molecule has 0 aliphatic rings. The summed E-state index contributed by atoms with van der Waals surface area (Å²) in [5.74, 6) is 0. The van der Waals surface area contributed by atoms with Crippen LogP contribution in [-0.2, 0) is 17.6 Å². The summed E-state index contributed by atoms with van der Waals surface area (Å²) in [5, 5.41) is 9.08. The number of aromatic nitrogens is 1. The number of nitriles is 1. The van der Waals surface area contributed by atoms with Crippen molar-refractivity contribution in [2.24, 2.45) is 0 Å². The van der Waals surface area contributed by atoms with Gasteiger partial charge in [0.1, 0.15) is 17.8 Å². The molecule has 0 bridgehead atoms. The van der Waals surface area contributed by atoms with Crippen molar-refractivity contribution in [3.05, 3.63) is 39.9 Å². The predicted molar refractivity (Wildman–Crippen MR) is 90.8 cm³/mol. The van der Waals surface area contributed by atoms with Crippen LogP contribution >= 0.6 is 27.7 Å². The lowest BCUT2D eigenvalue weighted by atomic mass is 10.1. The molecule has 1 aromatic heterocycles. The molecule has 0 saturated carbocycles. The van der Waals surface area contributed by atoms with Crippen molar-refractivity contribution < 1.29 is 31.1 Å². The first-order chi connectivity index (χ1) is 12.5. The second-order valence-electron chi connectivity index (χ2n) is 5.13. The van der Waals surface area contributed by atoms with Gasteiger partial charge in [0, 0.05) is 18.4 Å². The molecule has 0 atom stereocenters. The molecule has 0 radical (unpaired) electrons. The molecular weight excluding hydrogens is 462 g/mol. The highest BCUT2D eigenvalue weighted by Gasteiger charge is 2.35. The number of ether oxygens (including phenoxy) is 1. The molecule has 2 aromatic rings. The largest absolute Gasteiger partial charge is 0.447 e. The van der Waals surface area contributed by atoms with E-state index in [-0.39, 0.29) is 39.7 Å². The van der Waals surface area contributed by atoms with E-state index < -0.39 is 29.0 Å². The van der Waals surface area contributed by atoms with E-state index in [0.29, 0.717) is 0 Å². The maximum Gasteiger partial charge on any atom is 0.447 e. The second-order valence-corrected chi connectivity index (χ2v) is 6.97. The van der Waals surface area contributed by atoms with Crippen LogP contribution in [0.15, 0.2) is 33.8 Å². The summed E-state index contributed by atoms with van der Waals surface area (Å²) in [4.78, 5) is 0. The minimum Gasteiger partial charge on any atom is -0.361 e. The molecule has 11 heteroatoms. The van der Waals surface area contributed by atoms with E-state index in [2.05, 4.69) is 15.9 Å². The molecule has 0 spiro atoms. The molecular formula is C16H11BrF6N2OS. The maximum atomic E-state index is 12.9. The third-order valence-corrected chi connectivity index (χ3v) is 5.28. The molecule has 0 amide bonds. The van der Waals surface area contributed by atoms with Gasteiger partial charge in [0.05, 0.1) is 21.3 Å². The Balaban J connectivity index is 2.66. The SMILES string of the molecule is CCOCn1c(SC(F)(F)F)c(Br)c(C#N)c1-c1ccc(C(F)(F)F)cc1. The highest BCUT2D eigenvalue weighted by molar-refractivity contribution is 9.10. The van der Waals surface area contributed by atoms with E-state index in [1.165, 1.54) is 0 Å². The van der Waals surface area contributed by atoms with Crippen LogP contribution in [0.2, 0.25) is 0 Å². The van der Waals surface area contributed by atoms with Gasteiger partial charge in [-0.3, -0.25) is 0 Å². The quantitative estimate of drug-likeness (QED) is 0.372. The smallest absolute Gasteiger partial charge is 0.361 e. The third-order valence-electron chi connectivity index (χ3n) is 3.39. The van der Waals surface area contributed by atoms with Crippen LogP contribution in [0.5, 0.6) is 0 Å². The van der Waals surface area contributed by atoms with Gasteiger partial charge in [-0.1, -0.05) is 12.1 Å². The van der Waals surface area contributed by atoms with Gasteiger partial charge >= 0.3 is 11.7 Å². The molecule has 0 saturated heterocycles. The molecule has 27 heavy (non-hydrogen) atoms. The van der Waals surface area contributed by atoms with Crippen molar-refractivity contribution in [1.82, 2.24) is 4.57 Å². The summed E-state index contributed by atoms with van der Waals surface area (Å²) in [5.41, 5.74) is -5.46. The zero-order valence-corrected chi connectivity index (χ0v) is 16.0. The molecule has 2 rings (SSSR count). The van der Waals surface area contributed by atoms with Gasteiger partial charge in [0.15, 0.2) is 0 Å². The Morgan fingerprint density at radius 3 is 2.19 bits per heavy atom. The lowest BCUT2D eigenvalue weighted by molar-refractivity contribution is -0.137. The van der Waals surface area contributed by atoms with E-state index in [1.807, 2.05) is 0 Å². The summed E-state index contributed by atoms with van der Waals surface area (Å²) < 4.78 is 83.3. The zero-order valence-electron chi connectivity index (χ0n) is 13.6. The Kier molecular flexibility index (Phi) is 6.55. The fourth-order valence-electron chi connectivity index (χ4n) is 2.30. The number of rotatable bonds is 5. The summed E-state index contributed by atoms with van der Waals surface area (Å²) in [7, 11) is 0. The maximum absolute atomic E-state index is 12.9. The number of nitrogens with zero attached hydrogens (tertiary/aromatic N) is 2. The fourth-order valence-corrected chi connectivity index (χ4v) is 3.70. The molecule has 0 unspecified atom stereocenters. The highest BCUT2D eigenvalue weighted by atomic mass is 79.9. The molecule has 1 heterocycles. The lowest BCUT2D eigenvalue weighted by Gasteiger charge is -2.15. The first kappa shape index (κ1) is 21.7. The highest BCUT2D eigenvalue weighted by Crippen LogP contribution is 2.46. The van der Waals surface area contributed by atoms with Crippen molar-refractivity contribution in [2.45, 2.75) is 30.4 Å². The number of hydrogen-bond donors (Lipinski definition) is 0. The molecule has 0 N–H and O–H groups in total. The van der Waals surface area contributed by atoms with Crippen LogP contribution in [0.1, 0.15) is 18.1 Å². The van der Waals surface area contributed by atoms with Crippen molar-refractivity contribution in [3.63, 3.8) is 0 Å². The van der Waals surface area contributed by atoms with Crippen LogP contribution in [0, 0.1) is 11.3 Å². The number of thioether (sulfide) groups is 1. The van der Waals surface area contributed by atoms with Crippen LogP contribution < -0.4 is 0 Å². The van der Waals surface area contributed by atoms with Crippen LogP contribution in [0.25, 0.3) is 11.3 Å². The fraction of sp³-hybridized carbons (Fsp3) is 0.312. The van der Waals surface area contributed by atoms with Gasteiger partial charge in [0.25, 0.3) is 0 Å². The molecule has 0 aliphatic carbocycles. The first-order valence-electron chi connectivity index (χ1n) is 7.32. The van der Waals surface area contributed by atoms with Gasteiger partial charge in [-0.25, -0.2) is 0 Å². The Bertz CT molecular complexity index is 852. The summed E-state index contributed by atoms with van der Waals surface area (Å²) in [6, 6.07) is 5.63. The third kappa shape index (κ3) is 5.00. The Labute approximate surface area is 163 Å². The standard InChI is InChI=1S/C16H11BrF6N2OS/c1-2-26-8-25-13(9-3-5-10(6-4-9)15(18,19)20)11(7-24)12(17)14(25)27-16(21,22)23/h3-6H,2,8H2,1H3. The normalized spacial score (nSPS) is 12.3. The Hall–Kier alpha value is -1.64. The van der Waals surface area contributed by atoms with Gasteiger partial charge in [0.2, 0.25) is 0 Å².